The van der Waals surface area contributed by atoms with Gasteiger partial charge in [-0.1, -0.05) is 35.9 Å². The molecule has 1 aliphatic heterocycles. The second kappa shape index (κ2) is 13.4. The number of rotatable bonds is 13. The normalized spacial score (nSPS) is 13.4. The number of ether oxygens (including phenoxy) is 4. The molecule has 0 atom stereocenters. The Balaban J connectivity index is 1.49. The van der Waals surface area contributed by atoms with Gasteiger partial charge in [-0.3, -0.25) is 4.79 Å². The zero-order valence-corrected chi connectivity index (χ0v) is 22.3. The Morgan fingerprint density at radius 1 is 0.811 bits per heavy atom. The van der Waals surface area contributed by atoms with Crippen LogP contribution in [-0.4, -0.2) is 44.5 Å². The van der Waals surface area contributed by atoms with Crippen molar-refractivity contribution in [3.05, 3.63) is 82.4 Å². The van der Waals surface area contributed by atoms with E-state index in [0.29, 0.717) is 30.1 Å². The largest absolute Gasteiger partial charge is 0.497 e. The smallest absolute Gasteiger partial charge is 0.180 e. The van der Waals surface area contributed by atoms with Gasteiger partial charge in [0.2, 0.25) is 0 Å². The molecule has 37 heavy (non-hydrogen) atoms. The van der Waals surface area contributed by atoms with E-state index in [2.05, 4.69) is 4.90 Å². The first-order chi connectivity index (χ1) is 18.1. The van der Waals surface area contributed by atoms with Crippen LogP contribution in [0.15, 0.2) is 60.7 Å². The predicted molar refractivity (Wildman–Crippen MR) is 145 cm³/mol. The highest BCUT2D eigenvalue weighted by Gasteiger charge is 2.20. The lowest BCUT2D eigenvalue weighted by Crippen LogP contribution is -2.21. The van der Waals surface area contributed by atoms with E-state index in [1.165, 1.54) is 12.8 Å². The third-order valence-corrected chi connectivity index (χ3v) is 6.91. The van der Waals surface area contributed by atoms with Crippen LogP contribution in [-0.2, 0) is 13.2 Å². The number of nitrogens with zero attached hydrogens (tertiary/aromatic N) is 1. The van der Waals surface area contributed by atoms with Crippen molar-refractivity contribution in [2.45, 2.75) is 38.9 Å². The molecule has 1 aliphatic rings. The number of carbonyl (C=O) groups excluding carboxylic acids is 1. The highest BCUT2D eigenvalue weighted by molar-refractivity contribution is 6.35. The van der Waals surface area contributed by atoms with Gasteiger partial charge < -0.3 is 23.8 Å². The Morgan fingerprint density at radius 3 is 1.95 bits per heavy atom. The molecule has 0 unspecified atom stereocenters. The van der Waals surface area contributed by atoms with Crippen LogP contribution in [0, 0.1) is 0 Å². The minimum Gasteiger partial charge on any atom is -0.497 e. The maximum Gasteiger partial charge on any atom is 0.180 e. The molecule has 0 bridgehead atoms. The van der Waals surface area contributed by atoms with Crippen LogP contribution in [0.1, 0.15) is 47.2 Å². The van der Waals surface area contributed by atoms with Crippen LogP contribution in [0.5, 0.6) is 23.0 Å². The maximum atomic E-state index is 13.1. The van der Waals surface area contributed by atoms with Gasteiger partial charge in [-0.2, -0.15) is 0 Å². The summed E-state index contributed by atoms with van der Waals surface area (Å²) in [6, 6.07) is 18.8. The molecule has 4 rings (SSSR count). The van der Waals surface area contributed by atoms with Gasteiger partial charge in [-0.15, -0.1) is 0 Å². The molecule has 196 valence electrons. The summed E-state index contributed by atoms with van der Waals surface area (Å²) in [5, 5.41) is 0.284. The standard InChI is InChI=1S/C30H34ClNO5/c1-34-24-11-7-22(8-12-24)20-36-28-16-15-26(27(33)6-5-19-32-17-3-4-18-32)29(31)30(28)37-21-23-9-13-25(35-2)14-10-23/h7-16H,3-6,17-21H2,1-2H3. The fraction of sp³-hybridized carbons (Fsp3) is 0.367. The molecule has 0 amide bonds. The van der Waals surface area contributed by atoms with Gasteiger partial charge in [-0.25, -0.2) is 0 Å². The third-order valence-electron chi connectivity index (χ3n) is 6.53. The van der Waals surface area contributed by atoms with Crippen LogP contribution in [0.4, 0.5) is 0 Å². The molecular formula is C30H34ClNO5. The summed E-state index contributed by atoms with van der Waals surface area (Å²) >= 11 is 6.78. The van der Waals surface area contributed by atoms with Crippen LogP contribution in [0.2, 0.25) is 5.02 Å². The zero-order chi connectivity index (χ0) is 26.0. The minimum absolute atomic E-state index is 0.0141. The van der Waals surface area contributed by atoms with Gasteiger partial charge >= 0.3 is 0 Å². The van der Waals surface area contributed by atoms with E-state index in [-0.39, 0.29) is 17.4 Å². The fourth-order valence-electron chi connectivity index (χ4n) is 4.37. The van der Waals surface area contributed by atoms with Gasteiger partial charge in [0.15, 0.2) is 17.3 Å². The summed E-state index contributed by atoms with van der Waals surface area (Å²) < 4.78 is 22.7. The lowest BCUT2D eigenvalue weighted by atomic mass is 10.1. The van der Waals surface area contributed by atoms with Crippen LogP contribution >= 0.6 is 11.6 Å². The first kappa shape index (κ1) is 26.8. The van der Waals surface area contributed by atoms with E-state index in [9.17, 15) is 4.79 Å². The Bertz CT molecular complexity index is 1160. The SMILES string of the molecule is COc1ccc(COc2ccc(C(=O)CCCN3CCCC3)c(Cl)c2OCc2ccc(OC)cc2)cc1. The first-order valence-corrected chi connectivity index (χ1v) is 13.0. The molecule has 3 aromatic carbocycles. The number of Topliss-reactive ketones (excluding diaryl/α,β-unsaturated/α-hetero) is 1. The Morgan fingerprint density at radius 2 is 1.38 bits per heavy atom. The number of benzene rings is 3. The molecule has 1 fully saturated rings. The number of ketones is 1. The first-order valence-electron chi connectivity index (χ1n) is 12.7. The lowest BCUT2D eigenvalue weighted by molar-refractivity contribution is 0.0975. The zero-order valence-electron chi connectivity index (χ0n) is 21.5. The molecule has 0 radical (unpaired) electrons. The number of halogens is 1. The van der Waals surface area contributed by atoms with Gasteiger partial charge in [0.05, 0.1) is 19.2 Å². The summed E-state index contributed by atoms with van der Waals surface area (Å²) in [7, 11) is 3.26. The van der Waals surface area contributed by atoms with Crippen molar-refractivity contribution in [2.75, 3.05) is 33.9 Å². The Labute approximate surface area is 224 Å². The summed E-state index contributed by atoms with van der Waals surface area (Å²) in [5.74, 6) is 2.43. The molecule has 0 N–H and O–H groups in total. The molecule has 1 heterocycles. The van der Waals surface area contributed by atoms with Gasteiger partial charge in [0, 0.05) is 12.0 Å². The lowest BCUT2D eigenvalue weighted by Gasteiger charge is -2.17. The van der Waals surface area contributed by atoms with Crippen molar-refractivity contribution in [3.8, 4) is 23.0 Å². The molecule has 6 nitrogen and oxygen atoms in total. The summed E-state index contributed by atoms with van der Waals surface area (Å²) in [5.41, 5.74) is 2.38. The van der Waals surface area contributed by atoms with Gasteiger partial charge in [0.1, 0.15) is 24.7 Å². The number of carbonyl (C=O) groups is 1. The predicted octanol–water partition coefficient (Wildman–Crippen LogP) is 6.57. The minimum atomic E-state index is 0.0141. The van der Waals surface area contributed by atoms with Crippen molar-refractivity contribution < 1.29 is 23.7 Å². The molecule has 0 spiro atoms. The quantitative estimate of drug-likeness (QED) is 0.236. The maximum absolute atomic E-state index is 13.1. The second-order valence-electron chi connectivity index (χ2n) is 9.10. The van der Waals surface area contributed by atoms with Gasteiger partial charge in [-0.05, 0) is 86.4 Å². The van der Waals surface area contributed by atoms with E-state index >= 15 is 0 Å². The van der Waals surface area contributed by atoms with Crippen LogP contribution < -0.4 is 18.9 Å². The highest BCUT2D eigenvalue weighted by Crippen LogP contribution is 2.39. The number of likely N-dealkylation sites (tertiary alicyclic amines) is 1. The summed E-state index contributed by atoms with van der Waals surface area (Å²) in [6.45, 7) is 3.78. The van der Waals surface area contributed by atoms with E-state index < -0.39 is 0 Å². The van der Waals surface area contributed by atoms with E-state index in [4.69, 9.17) is 30.5 Å². The number of hydrogen-bond acceptors (Lipinski definition) is 6. The second-order valence-corrected chi connectivity index (χ2v) is 9.48. The Hall–Kier alpha value is -3.22. The molecule has 1 saturated heterocycles. The molecule has 0 saturated carbocycles. The van der Waals surface area contributed by atoms with E-state index in [1.807, 2.05) is 48.5 Å². The van der Waals surface area contributed by atoms with Crippen LogP contribution in [0.25, 0.3) is 0 Å². The van der Waals surface area contributed by atoms with Crippen molar-refractivity contribution >= 4 is 17.4 Å². The summed E-state index contributed by atoms with van der Waals surface area (Å²) in [6.07, 6.45) is 3.74. The third kappa shape index (κ3) is 7.40. The molecule has 7 heteroatoms. The van der Waals surface area contributed by atoms with Crippen molar-refractivity contribution in [1.29, 1.82) is 0 Å². The van der Waals surface area contributed by atoms with Crippen molar-refractivity contribution in [1.82, 2.24) is 4.90 Å². The number of methoxy groups -OCH3 is 2. The average Bonchev–Trinajstić information content (AvgIpc) is 3.45. The molecule has 0 aromatic heterocycles. The van der Waals surface area contributed by atoms with Crippen molar-refractivity contribution in [2.24, 2.45) is 0 Å². The topological polar surface area (TPSA) is 57.2 Å². The highest BCUT2D eigenvalue weighted by atomic mass is 35.5. The molecule has 0 aliphatic carbocycles. The monoisotopic (exact) mass is 523 g/mol. The van der Waals surface area contributed by atoms with Crippen molar-refractivity contribution in [3.63, 3.8) is 0 Å². The number of hydrogen-bond donors (Lipinski definition) is 0. The fourth-order valence-corrected chi connectivity index (χ4v) is 4.68. The molecular weight excluding hydrogens is 490 g/mol. The van der Waals surface area contributed by atoms with Gasteiger partial charge in [0.25, 0.3) is 0 Å². The molecule has 3 aromatic rings. The Kier molecular flexibility index (Phi) is 9.69. The van der Waals surface area contributed by atoms with E-state index in [0.717, 1.165) is 48.7 Å². The summed E-state index contributed by atoms with van der Waals surface area (Å²) in [4.78, 5) is 15.5. The average molecular weight is 524 g/mol. The van der Waals surface area contributed by atoms with Crippen LogP contribution in [0.3, 0.4) is 0 Å². The van der Waals surface area contributed by atoms with E-state index in [1.54, 1.807) is 26.4 Å².